The van der Waals surface area contributed by atoms with E-state index >= 15 is 0 Å². The zero-order chi connectivity index (χ0) is 4.85. The maximum Gasteiger partial charge on any atom is 0.0571 e. The summed E-state index contributed by atoms with van der Waals surface area (Å²) in [4.78, 5) is 0. The molecule has 2 aliphatic rings. The van der Waals surface area contributed by atoms with E-state index in [1.807, 2.05) is 0 Å². The van der Waals surface area contributed by atoms with Gasteiger partial charge in [0, 0.05) is 0 Å². The van der Waals surface area contributed by atoms with Crippen LogP contribution in [0, 0.1) is 11.8 Å². The van der Waals surface area contributed by atoms with E-state index in [9.17, 15) is 0 Å². The molecule has 0 bridgehead atoms. The second-order valence-electron chi connectivity index (χ2n) is 2.80. The van der Waals surface area contributed by atoms with Crippen molar-refractivity contribution >= 4 is 0 Å². The highest BCUT2D eigenvalue weighted by molar-refractivity contribution is 4.97. The Hall–Kier alpha value is -0.0400. The summed E-state index contributed by atoms with van der Waals surface area (Å²) in [6.45, 7) is 0. The summed E-state index contributed by atoms with van der Waals surface area (Å²) in [6, 6.07) is 0. The van der Waals surface area contributed by atoms with E-state index < -0.39 is 0 Å². The number of hydrogen-bond acceptors (Lipinski definition) is 1. The SMILES string of the molecule is O[C@@H]1CC[C@@H]2C[C@@H]21. The maximum absolute atomic E-state index is 9.04. The summed E-state index contributed by atoms with van der Waals surface area (Å²) in [5.74, 6) is 1.68. The van der Waals surface area contributed by atoms with Crippen LogP contribution in [0.5, 0.6) is 0 Å². The molecule has 3 atom stereocenters. The largest absolute Gasteiger partial charge is 0.393 e. The summed E-state index contributed by atoms with van der Waals surface area (Å²) in [5, 5.41) is 9.04. The van der Waals surface area contributed by atoms with Crippen LogP contribution in [0.15, 0.2) is 0 Å². The van der Waals surface area contributed by atoms with Gasteiger partial charge in [0.05, 0.1) is 6.10 Å². The summed E-state index contributed by atoms with van der Waals surface area (Å²) in [5.41, 5.74) is 0. The van der Waals surface area contributed by atoms with Crippen molar-refractivity contribution in [2.24, 2.45) is 11.8 Å². The number of hydrogen-bond donors (Lipinski definition) is 1. The van der Waals surface area contributed by atoms with E-state index in [0.717, 1.165) is 18.3 Å². The average molecular weight is 98.1 g/mol. The smallest absolute Gasteiger partial charge is 0.0571 e. The molecule has 1 heteroatoms. The number of aliphatic hydroxyl groups excluding tert-OH is 1. The van der Waals surface area contributed by atoms with Gasteiger partial charge >= 0.3 is 0 Å². The van der Waals surface area contributed by atoms with Gasteiger partial charge in [0.2, 0.25) is 0 Å². The molecule has 7 heavy (non-hydrogen) atoms. The van der Waals surface area contributed by atoms with Gasteiger partial charge in [-0.15, -0.1) is 0 Å². The Balaban J connectivity index is 2.08. The topological polar surface area (TPSA) is 20.2 Å². The molecule has 2 fully saturated rings. The second kappa shape index (κ2) is 1.03. The van der Waals surface area contributed by atoms with Crippen molar-refractivity contribution in [1.82, 2.24) is 0 Å². The predicted molar refractivity (Wildman–Crippen MR) is 26.8 cm³/mol. The molecule has 0 aromatic carbocycles. The minimum atomic E-state index is 0.0880. The van der Waals surface area contributed by atoms with Gasteiger partial charge in [-0.1, -0.05) is 0 Å². The lowest BCUT2D eigenvalue weighted by Gasteiger charge is -1.97. The molecule has 0 spiro atoms. The van der Waals surface area contributed by atoms with E-state index in [1.54, 1.807) is 0 Å². The molecule has 0 saturated heterocycles. The molecule has 2 rings (SSSR count). The lowest BCUT2D eigenvalue weighted by atomic mass is 10.2. The molecule has 0 aliphatic heterocycles. The van der Waals surface area contributed by atoms with E-state index in [4.69, 9.17) is 5.11 Å². The fourth-order valence-corrected chi connectivity index (χ4v) is 1.67. The highest BCUT2D eigenvalue weighted by atomic mass is 16.3. The van der Waals surface area contributed by atoms with E-state index in [0.29, 0.717) is 0 Å². The van der Waals surface area contributed by atoms with Gasteiger partial charge in [0.25, 0.3) is 0 Å². The van der Waals surface area contributed by atoms with E-state index in [1.165, 1.54) is 12.8 Å². The lowest BCUT2D eigenvalue weighted by molar-refractivity contribution is 0.159. The standard InChI is InChI=1S/C6H10O/c7-6-2-1-4-3-5(4)6/h4-7H,1-3H2/t4-,5+,6-/m1/s1. The summed E-state index contributed by atoms with van der Waals surface area (Å²) >= 11 is 0. The van der Waals surface area contributed by atoms with Crippen LogP contribution < -0.4 is 0 Å². The third-order valence-corrected chi connectivity index (χ3v) is 2.30. The van der Waals surface area contributed by atoms with Crippen LogP contribution in [0.2, 0.25) is 0 Å². The minimum Gasteiger partial charge on any atom is -0.393 e. The van der Waals surface area contributed by atoms with Gasteiger partial charge in [0.1, 0.15) is 0 Å². The Morgan fingerprint density at radius 2 is 2.14 bits per heavy atom. The molecule has 40 valence electrons. The molecule has 0 amide bonds. The summed E-state index contributed by atoms with van der Waals surface area (Å²) < 4.78 is 0. The van der Waals surface area contributed by atoms with E-state index in [-0.39, 0.29) is 6.10 Å². The van der Waals surface area contributed by atoms with Crippen LogP contribution >= 0.6 is 0 Å². The molecule has 0 heterocycles. The van der Waals surface area contributed by atoms with Gasteiger partial charge in [-0.05, 0) is 31.1 Å². The van der Waals surface area contributed by atoms with Gasteiger partial charge < -0.3 is 5.11 Å². The molecule has 1 N–H and O–H groups in total. The monoisotopic (exact) mass is 98.1 g/mol. The van der Waals surface area contributed by atoms with Gasteiger partial charge in [-0.3, -0.25) is 0 Å². The molecular weight excluding hydrogens is 88.1 g/mol. The molecule has 0 radical (unpaired) electrons. The Kier molecular flexibility index (Phi) is 0.571. The van der Waals surface area contributed by atoms with Gasteiger partial charge in [-0.2, -0.15) is 0 Å². The normalized spacial score (nSPS) is 57.0. The van der Waals surface area contributed by atoms with Crippen molar-refractivity contribution in [2.45, 2.75) is 25.4 Å². The van der Waals surface area contributed by atoms with Crippen molar-refractivity contribution in [3.8, 4) is 0 Å². The zero-order valence-electron chi connectivity index (χ0n) is 4.30. The average Bonchev–Trinajstić information content (AvgIpc) is 2.33. The Morgan fingerprint density at radius 1 is 1.29 bits per heavy atom. The quantitative estimate of drug-likeness (QED) is 0.474. The third-order valence-electron chi connectivity index (χ3n) is 2.30. The molecule has 0 aromatic heterocycles. The molecule has 0 unspecified atom stereocenters. The fraction of sp³-hybridized carbons (Fsp3) is 1.00. The highest BCUT2D eigenvalue weighted by Gasteiger charge is 2.47. The highest BCUT2D eigenvalue weighted by Crippen LogP contribution is 2.51. The molecule has 0 aromatic rings. The number of fused-ring (bicyclic) bond motifs is 1. The van der Waals surface area contributed by atoms with Crippen LogP contribution in [0.3, 0.4) is 0 Å². The Labute approximate surface area is 43.3 Å². The number of rotatable bonds is 0. The summed E-state index contributed by atoms with van der Waals surface area (Å²) in [6.07, 6.45) is 3.78. The fourth-order valence-electron chi connectivity index (χ4n) is 1.67. The molecular formula is C6H10O. The molecule has 2 saturated carbocycles. The van der Waals surface area contributed by atoms with Crippen LogP contribution in [-0.2, 0) is 0 Å². The maximum atomic E-state index is 9.04. The first-order valence-corrected chi connectivity index (χ1v) is 3.06. The third kappa shape index (κ3) is 0.418. The molecule has 2 aliphatic carbocycles. The van der Waals surface area contributed by atoms with Crippen molar-refractivity contribution in [2.75, 3.05) is 0 Å². The van der Waals surface area contributed by atoms with Gasteiger partial charge in [0.15, 0.2) is 0 Å². The predicted octanol–water partition coefficient (Wildman–Crippen LogP) is 0.777. The first kappa shape index (κ1) is 3.90. The first-order chi connectivity index (χ1) is 3.38. The van der Waals surface area contributed by atoms with Crippen LogP contribution in [0.4, 0.5) is 0 Å². The van der Waals surface area contributed by atoms with Crippen molar-refractivity contribution < 1.29 is 5.11 Å². The van der Waals surface area contributed by atoms with Crippen molar-refractivity contribution in [3.05, 3.63) is 0 Å². The van der Waals surface area contributed by atoms with Crippen LogP contribution in [0.1, 0.15) is 19.3 Å². The number of aliphatic hydroxyl groups is 1. The van der Waals surface area contributed by atoms with Crippen molar-refractivity contribution in [1.29, 1.82) is 0 Å². The van der Waals surface area contributed by atoms with Crippen molar-refractivity contribution in [3.63, 3.8) is 0 Å². The first-order valence-electron chi connectivity index (χ1n) is 3.06. The minimum absolute atomic E-state index is 0.0880. The second-order valence-corrected chi connectivity index (χ2v) is 2.80. The zero-order valence-corrected chi connectivity index (χ0v) is 4.30. The Bertz CT molecular complexity index is 90.2. The van der Waals surface area contributed by atoms with Crippen LogP contribution in [-0.4, -0.2) is 11.2 Å². The molecule has 1 nitrogen and oxygen atoms in total. The Morgan fingerprint density at radius 3 is 2.29 bits per heavy atom. The lowest BCUT2D eigenvalue weighted by Crippen LogP contribution is -2.02. The van der Waals surface area contributed by atoms with Crippen LogP contribution in [0.25, 0.3) is 0 Å². The summed E-state index contributed by atoms with van der Waals surface area (Å²) in [7, 11) is 0. The van der Waals surface area contributed by atoms with E-state index in [2.05, 4.69) is 0 Å². The van der Waals surface area contributed by atoms with Gasteiger partial charge in [-0.25, -0.2) is 0 Å².